The summed E-state index contributed by atoms with van der Waals surface area (Å²) in [5.74, 6) is 1.41. The van der Waals surface area contributed by atoms with Crippen molar-refractivity contribution in [2.75, 3.05) is 5.32 Å². The van der Waals surface area contributed by atoms with Gasteiger partial charge in [-0.25, -0.2) is 4.79 Å². The van der Waals surface area contributed by atoms with Crippen LogP contribution < -0.4 is 15.7 Å². The fourth-order valence-electron chi connectivity index (χ4n) is 3.80. The Morgan fingerprint density at radius 3 is 2.38 bits per heavy atom. The van der Waals surface area contributed by atoms with E-state index in [1.54, 1.807) is 33.7 Å². The third kappa shape index (κ3) is 4.07. The fraction of sp³-hybridized carbons (Fsp3) is 0.0370. The SMILES string of the molecule is C=CC(O)Nc1cccc(-n2c(=O)n(-c3ccc(Oc4ccccc4)cc3)c3cnccc32)c1. The molecule has 5 rings (SSSR count). The molecule has 1 unspecified atom stereocenters. The second-order valence-electron chi connectivity index (χ2n) is 7.60. The van der Waals surface area contributed by atoms with E-state index in [0.29, 0.717) is 33.8 Å². The zero-order chi connectivity index (χ0) is 23.5. The molecule has 0 aliphatic heterocycles. The molecule has 5 aromatic rings. The number of rotatable bonds is 7. The first-order chi connectivity index (χ1) is 16.6. The van der Waals surface area contributed by atoms with Crippen LogP contribution >= 0.6 is 0 Å². The number of aliphatic hydroxyl groups is 1. The molecule has 2 heterocycles. The van der Waals surface area contributed by atoms with E-state index < -0.39 is 6.23 Å². The van der Waals surface area contributed by atoms with Gasteiger partial charge in [-0.15, -0.1) is 0 Å². The van der Waals surface area contributed by atoms with Crippen molar-refractivity contribution in [3.8, 4) is 22.9 Å². The van der Waals surface area contributed by atoms with Gasteiger partial charge in [0.05, 0.1) is 28.6 Å². The summed E-state index contributed by atoms with van der Waals surface area (Å²) >= 11 is 0. The van der Waals surface area contributed by atoms with Crippen LogP contribution in [0.5, 0.6) is 11.5 Å². The van der Waals surface area contributed by atoms with Crippen molar-refractivity contribution in [2.45, 2.75) is 6.23 Å². The van der Waals surface area contributed by atoms with Crippen molar-refractivity contribution in [1.29, 1.82) is 0 Å². The van der Waals surface area contributed by atoms with Gasteiger partial charge in [0.25, 0.3) is 0 Å². The maximum absolute atomic E-state index is 13.6. The molecule has 0 saturated heterocycles. The van der Waals surface area contributed by atoms with Gasteiger partial charge in [0.1, 0.15) is 17.7 Å². The van der Waals surface area contributed by atoms with Gasteiger partial charge in [0, 0.05) is 11.9 Å². The third-order valence-electron chi connectivity index (χ3n) is 5.36. The third-order valence-corrected chi connectivity index (χ3v) is 5.36. The highest BCUT2D eigenvalue weighted by molar-refractivity contribution is 5.79. The Morgan fingerprint density at radius 1 is 0.882 bits per heavy atom. The van der Waals surface area contributed by atoms with Crippen LogP contribution in [-0.2, 0) is 0 Å². The van der Waals surface area contributed by atoms with Crippen LogP contribution in [0.25, 0.3) is 22.4 Å². The number of hydrogen-bond donors (Lipinski definition) is 2. The van der Waals surface area contributed by atoms with Crippen LogP contribution in [0.3, 0.4) is 0 Å². The van der Waals surface area contributed by atoms with Crippen LogP contribution in [0.2, 0.25) is 0 Å². The first-order valence-corrected chi connectivity index (χ1v) is 10.7. The Bertz CT molecular complexity index is 1510. The maximum atomic E-state index is 13.6. The number of pyridine rings is 1. The summed E-state index contributed by atoms with van der Waals surface area (Å²) in [7, 11) is 0. The van der Waals surface area contributed by atoms with Crippen LogP contribution in [0.1, 0.15) is 0 Å². The minimum Gasteiger partial charge on any atom is -0.457 e. The number of aliphatic hydroxyl groups excluding tert-OH is 1. The molecule has 34 heavy (non-hydrogen) atoms. The lowest BCUT2D eigenvalue weighted by atomic mass is 10.2. The molecule has 0 amide bonds. The molecule has 3 aromatic carbocycles. The van der Waals surface area contributed by atoms with Crippen LogP contribution in [0.15, 0.2) is 115 Å². The molecule has 0 spiro atoms. The normalized spacial score (nSPS) is 11.8. The van der Waals surface area contributed by atoms with Gasteiger partial charge < -0.3 is 15.2 Å². The Morgan fingerprint density at radius 2 is 1.62 bits per heavy atom. The smallest absolute Gasteiger partial charge is 0.338 e. The number of nitrogens with zero attached hydrogens (tertiary/aromatic N) is 3. The molecule has 2 aromatic heterocycles. The van der Waals surface area contributed by atoms with Crippen molar-refractivity contribution in [3.63, 3.8) is 0 Å². The number of ether oxygens (including phenoxy) is 1. The molecule has 0 radical (unpaired) electrons. The molecule has 0 aliphatic rings. The minimum atomic E-state index is -0.894. The van der Waals surface area contributed by atoms with Crippen molar-refractivity contribution < 1.29 is 9.84 Å². The zero-order valence-electron chi connectivity index (χ0n) is 18.2. The van der Waals surface area contributed by atoms with Gasteiger partial charge >= 0.3 is 5.69 Å². The molecular weight excluding hydrogens is 428 g/mol. The Labute approximate surface area is 195 Å². The van der Waals surface area contributed by atoms with E-state index in [4.69, 9.17) is 4.74 Å². The summed E-state index contributed by atoms with van der Waals surface area (Å²) in [6.07, 6.45) is 3.82. The van der Waals surface area contributed by atoms with Crippen LogP contribution in [-0.4, -0.2) is 25.5 Å². The number of para-hydroxylation sites is 1. The highest BCUT2D eigenvalue weighted by atomic mass is 16.5. The molecule has 2 N–H and O–H groups in total. The summed E-state index contributed by atoms with van der Waals surface area (Å²) in [5, 5.41) is 12.8. The predicted octanol–water partition coefficient (Wildman–Crippen LogP) is 4.89. The quantitative estimate of drug-likeness (QED) is 0.273. The first kappa shape index (κ1) is 21.2. The lowest BCUT2D eigenvalue weighted by molar-refractivity contribution is 0.253. The molecule has 0 bridgehead atoms. The summed E-state index contributed by atoms with van der Waals surface area (Å²) in [6.45, 7) is 3.57. The number of nitrogens with one attached hydrogen (secondary N) is 1. The second-order valence-corrected chi connectivity index (χ2v) is 7.60. The van der Waals surface area contributed by atoms with Gasteiger partial charge in [0.2, 0.25) is 0 Å². The second kappa shape index (κ2) is 9.09. The number of aromatic nitrogens is 3. The van der Waals surface area contributed by atoms with E-state index in [2.05, 4.69) is 16.9 Å². The number of fused-ring (bicyclic) bond motifs is 1. The molecular formula is C27H22N4O3. The lowest BCUT2D eigenvalue weighted by Gasteiger charge is -2.11. The molecule has 1 atom stereocenters. The van der Waals surface area contributed by atoms with E-state index in [0.717, 1.165) is 5.75 Å². The summed E-state index contributed by atoms with van der Waals surface area (Å²) in [6, 6.07) is 25.9. The number of anilines is 1. The summed E-state index contributed by atoms with van der Waals surface area (Å²) in [5.41, 5.74) is 3.17. The van der Waals surface area contributed by atoms with Crippen LogP contribution in [0, 0.1) is 0 Å². The minimum absolute atomic E-state index is 0.235. The van der Waals surface area contributed by atoms with Gasteiger partial charge in [-0.1, -0.05) is 30.8 Å². The summed E-state index contributed by atoms with van der Waals surface area (Å²) < 4.78 is 9.12. The molecule has 168 valence electrons. The van der Waals surface area contributed by atoms with E-state index in [1.165, 1.54) is 6.08 Å². The van der Waals surface area contributed by atoms with Crippen molar-refractivity contribution in [3.05, 3.63) is 120 Å². The Kier molecular flexibility index (Phi) is 5.68. The Balaban J connectivity index is 1.57. The highest BCUT2D eigenvalue weighted by Crippen LogP contribution is 2.25. The van der Waals surface area contributed by atoms with Gasteiger partial charge in [-0.05, 0) is 66.7 Å². The van der Waals surface area contributed by atoms with Crippen molar-refractivity contribution in [1.82, 2.24) is 14.1 Å². The van der Waals surface area contributed by atoms with E-state index in [9.17, 15) is 9.90 Å². The molecule has 7 nitrogen and oxygen atoms in total. The van der Waals surface area contributed by atoms with Gasteiger partial charge in [0.15, 0.2) is 0 Å². The zero-order valence-corrected chi connectivity index (χ0v) is 18.2. The van der Waals surface area contributed by atoms with Gasteiger partial charge in [-0.3, -0.25) is 14.1 Å². The highest BCUT2D eigenvalue weighted by Gasteiger charge is 2.16. The monoisotopic (exact) mass is 450 g/mol. The Hall–Kier alpha value is -4.62. The molecule has 0 aliphatic carbocycles. The van der Waals surface area contributed by atoms with E-state index in [-0.39, 0.29) is 5.69 Å². The molecule has 7 heteroatoms. The van der Waals surface area contributed by atoms with Crippen molar-refractivity contribution >= 4 is 16.7 Å². The lowest BCUT2D eigenvalue weighted by Crippen LogP contribution is -2.22. The predicted molar refractivity (Wildman–Crippen MR) is 133 cm³/mol. The average Bonchev–Trinajstić information content (AvgIpc) is 3.17. The summed E-state index contributed by atoms with van der Waals surface area (Å²) in [4.78, 5) is 17.9. The molecule has 0 saturated carbocycles. The van der Waals surface area contributed by atoms with E-state index in [1.807, 2.05) is 72.8 Å². The number of benzene rings is 3. The van der Waals surface area contributed by atoms with Crippen molar-refractivity contribution in [2.24, 2.45) is 0 Å². The average molecular weight is 450 g/mol. The standard InChI is InChI=1S/C27H22N4O3/c1-2-26(32)29-19-7-6-8-21(17-19)31-24-15-16-28-18-25(24)30(27(31)33)20-11-13-23(14-12-20)34-22-9-4-3-5-10-22/h2-18,26,29,32H,1H2. The number of imidazole rings is 1. The largest absolute Gasteiger partial charge is 0.457 e. The molecule has 0 fully saturated rings. The van der Waals surface area contributed by atoms with E-state index >= 15 is 0 Å². The fourth-order valence-corrected chi connectivity index (χ4v) is 3.80. The first-order valence-electron chi connectivity index (χ1n) is 10.7. The van der Waals surface area contributed by atoms with Gasteiger partial charge in [-0.2, -0.15) is 0 Å². The van der Waals surface area contributed by atoms with Crippen LogP contribution in [0.4, 0.5) is 5.69 Å². The maximum Gasteiger partial charge on any atom is 0.338 e. The topological polar surface area (TPSA) is 81.3 Å². The number of hydrogen-bond acceptors (Lipinski definition) is 5.